The molecule has 3 N–H and O–H groups in total. The van der Waals surface area contributed by atoms with Crippen molar-refractivity contribution < 1.29 is 4.79 Å². The smallest absolute Gasteiger partial charge is 0.251 e. The number of nitrogens with two attached hydrogens (primary N) is 1. The number of carbonyl (C=O) groups is 1. The normalized spacial score (nSPS) is 12.5. The lowest BCUT2D eigenvalue weighted by Gasteiger charge is -2.16. The minimum Gasteiger partial charge on any atom is -0.398 e. The Hall–Kier alpha value is -1.16. The maximum absolute atomic E-state index is 11.8. The van der Waals surface area contributed by atoms with Crippen LogP contribution < -0.4 is 11.1 Å². The highest BCUT2D eigenvalue weighted by molar-refractivity contribution is 8.00. The van der Waals surface area contributed by atoms with Crippen molar-refractivity contribution in [2.75, 3.05) is 12.3 Å². The van der Waals surface area contributed by atoms with Gasteiger partial charge in [-0.25, -0.2) is 0 Å². The molecule has 0 heterocycles. The van der Waals surface area contributed by atoms with E-state index in [0.717, 1.165) is 10.6 Å². The van der Waals surface area contributed by atoms with Gasteiger partial charge < -0.3 is 11.1 Å². The van der Waals surface area contributed by atoms with Crippen LogP contribution in [0.25, 0.3) is 0 Å². The third kappa shape index (κ3) is 3.95. The van der Waals surface area contributed by atoms with E-state index in [2.05, 4.69) is 26.1 Å². The largest absolute Gasteiger partial charge is 0.398 e. The van der Waals surface area contributed by atoms with E-state index in [4.69, 9.17) is 5.73 Å². The van der Waals surface area contributed by atoms with Gasteiger partial charge in [0, 0.05) is 27.9 Å². The lowest BCUT2D eigenvalue weighted by atomic mass is 10.1. The zero-order valence-corrected chi connectivity index (χ0v) is 12.3. The lowest BCUT2D eigenvalue weighted by molar-refractivity contribution is 0.0955. The van der Waals surface area contributed by atoms with E-state index in [9.17, 15) is 4.79 Å². The highest BCUT2D eigenvalue weighted by atomic mass is 32.2. The number of benzene rings is 1. The fourth-order valence-electron chi connectivity index (χ4n) is 1.38. The predicted molar refractivity (Wildman–Crippen MR) is 79.0 cm³/mol. The Morgan fingerprint density at radius 3 is 2.61 bits per heavy atom. The number of carbonyl (C=O) groups excluding carboxylic acids is 1. The van der Waals surface area contributed by atoms with Gasteiger partial charge in [0.15, 0.2) is 0 Å². The zero-order chi connectivity index (χ0) is 13.7. The second-order valence-electron chi connectivity index (χ2n) is 4.68. The van der Waals surface area contributed by atoms with Crippen LogP contribution in [0.3, 0.4) is 0 Å². The number of nitrogen functional groups attached to an aromatic ring is 1. The van der Waals surface area contributed by atoms with Crippen LogP contribution in [0.15, 0.2) is 23.1 Å². The molecule has 0 spiro atoms. The fraction of sp³-hybridized carbons (Fsp3) is 0.500. The molecule has 4 heteroatoms. The number of rotatable bonds is 5. The molecule has 1 rings (SSSR count). The quantitative estimate of drug-likeness (QED) is 0.636. The summed E-state index contributed by atoms with van der Waals surface area (Å²) in [7, 11) is 0. The molecular weight excluding hydrogens is 244 g/mol. The molecule has 3 nitrogen and oxygen atoms in total. The predicted octanol–water partition coefficient (Wildman–Crippen LogP) is 3.16. The Balaban J connectivity index is 2.91. The van der Waals surface area contributed by atoms with Gasteiger partial charge in [0.1, 0.15) is 0 Å². The zero-order valence-electron chi connectivity index (χ0n) is 11.5. The van der Waals surface area contributed by atoms with Crippen LogP contribution in [-0.4, -0.2) is 17.7 Å². The summed E-state index contributed by atoms with van der Waals surface area (Å²) in [6, 6.07) is 5.45. The number of hydrogen-bond donors (Lipinski definition) is 2. The van der Waals surface area contributed by atoms with E-state index >= 15 is 0 Å². The first-order valence-corrected chi connectivity index (χ1v) is 7.18. The summed E-state index contributed by atoms with van der Waals surface area (Å²) in [4.78, 5) is 12.8. The molecule has 0 saturated carbocycles. The lowest BCUT2D eigenvalue weighted by Crippen LogP contribution is -2.22. The summed E-state index contributed by atoms with van der Waals surface area (Å²) >= 11 is 1.72. The van der Waals surface area contributed by atoms with Crippen molar-refractivity contribution >= 4 is 23.4 Å². The number of amides is 1. The van der Waals surface area contributed by atoms with E-state index in [0.29, 0.717) is 23.3 Å². The fourth-order valence-corrected chi connectivity index (χ4v) is 2.45. The van der Waals surface area contributed by atoms with Crippen molar-refractivity contribution in [3.63, 3.8) is 0 Å². The molecule has 18 heavy (non-hydrogen) atoms. The molecule has 0 aliphatic heterocycles. The van der Waals surface area contributed by atoms with Crippen LogP contribution >= 0.6 is 11.8 Å². The van der Waals surface area contributed by atoms with Crippen molar-refractivity contribution in [2.45, 2.75) is 37.8 Å². The third-order valence-corrected chi connectivity index (χ3v) is 4.39. The van der Waals surface area contributed by atoms with Crippen molar-refractivity contribution in [2.24, 2.45) is 5.92 Å². The second-order valence-corrected chi connectivity index (χ2v) is 6.10. The standard InChI is InChI=1S/C14H22N2OS/c1-5-16-14(17)11-6-7-12(15)13(8-11)18-10(4)9(2)3/h6-10H,5,15H2,1-4H3,(H,16,17). The molecule has 1 aromatic rings. The highest BCUT2D eigenvalue weighted by Crippen LogP contribution is 2.32. The Morgan fingerprint density at radius 2 is 2.06 bits per heavy atom. The van der Waals surface area contributed by atoms with Gasteiger partial charge in [-0.15, -0.1) is 11.8 Å². The van der Waals surface area contributed by atoms with Crippen molar-refractivity contribution in [3.8, 4) is 0 Å². The van der Waals surface area contributed by atoms with Gasteiger partial charge in [0.05, 0.1) is 0 Å². The molecule has 0 radical (unpaired) electrons. The van der Waals surface area contributed by atoms with Crippen LogP contribution in [-0.2, 0) is 0 Å². The maximum Gasteiger partial charge on any atom is 0.251 e. The molecule has 0 aromatic heterocycles. The van der Waals surface area contributed by atoms with E-state index < -0.39 is 0 Å². The van der Waals surface area contributed by atoms with Gasteiger partial charge >= 0.3 is 0 Å². The third-order valence-electron chi connectivity index (χ3n) is 2.86. The van der Waals surface area contributed by atoms with Gasteiger partial charge in [-0.05, 0) is 31.0 Å². The second kappa shape index (κ2) is 6.69. The Morgan fingerprint density at radius 1 is 1.39 bits per heavy atom. The molecule has 1 aromatic carbocycles. The van der Waals surface area contributed by atoms with Gasteiger partial charge in [0.25, 0.3) is 5.91 Å². The molecular formula is C14H22N2OS. The summed E-state index contributed by atoms with van der Waals surface area (Å²) in [6.45, 7) is 9.08. The molecule has 0 fully saturated rings. The van der Waals surface area contributed by atoms with Crippen molar-refractivity contribution in [3.05, 3.63) is 23.8 Å². The van der Waals surface area contributed by atoms with Crippen LogP contribution in [0.4, 0.5) is 5.69 Å². The summed E-state index contributed by atoms with van der Waals surface area (Å²) < 4.78 is 0. The molecule has 0 saturated heterocycles. The number of thioether (sulfide) groups is 1. The average Bonchev–Trinajstić information content (AvgIpc) is 2.31. The van der Waals surface area contributed by atoms with E-state index in [1.54, 1.807) is 23.9 Å². The molecule has 1 unspecified atom stereocenters. The summed E-state index contributed by atoms with van der Waals surface area (Å²) in [6.07, 6.45) is 0. The molecule has 1 atom stereocenters. The van der Waals surface area contributed by atoms with Crippen LogP contribution in [0, 0.1) is 5.92 Å². The molecule has 1 amide bonds. The molecule has 0 aliphatic carbocycles. The molecule has 100 valence electrons. The van der Waals surface area contributed by atoms with E-state index in [1.165, 1.54) is 0 Å². The van der Waals surface area contributed by atoms with Gasteiger partial charge in [-0.1, -0.05) is 20.8 Å². The Bertz CT molecular complexity index is 418. The number of hydrogen-bond acceptors (Lipinski definition) is 3. The van der Waals surface area contributed by atoms with Crippen LogP contribution in [0.5, 0.6) is 0 Å². The molecule has 0 bridgehead atoms. The van der Waals surface area contributed by atoms with Crippen molar-refractivity contribution in [1.29, 1.82) is 0 Å². The summed E-state index contributed by atoms with van der Waals surface area (Å²) in [5, 5.41) is 3.26. The SMILES string of the molecule is CCNC(=O)c1ccc(N)c(SC(C)C(C)C)c1. The minimum absolute atomic E-state index is 0.0449. The van der Waals surface area contributed by atoms with Crippen LogP contribution in [0.1, 0.15) is 38.1 Å². The van der Waals surface area contributed by atoms with Gasteiger partial charge in [-0.2, -0.15) is 0 Å². The summed E-state index contributed by atoms with van der Waals surface area (Å²) in [5.41, 5.74) is 7.37. The Labute approximate surface area is 114 Å². The van der Waals surface area contributed by atoms with E-state index in [1.807, 2.05) is 13.0 Å². The van der Waals surface area contributed by atoms with E-state index in [-0.39, 0.29) is 5.91 Å². The topological polar surface area (TPSA) is 55.1 Å². The van der Waals surface area contributed by atoms with Crippen LogP contribution in [0.2, 0.25) is 0 Å². The van der Waals surface area contributed by atoms with Gasteiger partial charge in [0.2, 0.25) is 0 Å². The Kier molecular flexibility index (Phi) is 5.54. The van der Waals surface area contributed by atoms with Gasteiger partial charge in [-0.3, -0.25) is 4.79 Å². The average molecular weight is 266 g/mol. The number of anilines is 1. The number of nitrogens with one attached hydrogen (secondary N) is 1. The molecule has 0 aliphatic rings. The van der Waals surface area contributed by atoms with Crippen molar-refractivity contribution in [1.82, 2.24) is 5.32 Å². The first-order chi connectivity index (χ1) is 8.45. The summed E-state index contributed by atoms with van der Waals surface area (Å²) in [5.74, 6) is 0.527. The monoisotopic (exact) mass is 266 g/mol. The minimum atomic E-state index is -0.0449. The maximum atomic E-state index is 11.8. The first kappa shape index (κ1) is 14.9. The highest BCUT2D eigenvalue weighted by Gasteiger charge is 2.13. The first-order valence-electron chi connectivity index (χ1n) is 6.30.